The molecule has 2 aromatic heterocycles. The van der Waals surface area contributed by atoms with E-state index in [4.69, 9.17) is 0 Å². The molecule has 0 aromatic carbocycles. The normalized spacial score (nSPS) is 10.4. The molecule has 2 heterocycles. The number of Topliss-reactive ketones (excluding diaryl/α,β-unsaturated/α-hetero) is 1. The number of nitrogens with one attached hydrogen (secondary N) is 1. The van der Waals surface area contributed by atoms with Gasteiger partial charge in [0.25, 0.3) is 0 Å². The van der Waals surface area contributed by atoms with Gasteiger partial charge in [-0.2, -0.15) is 0 Å². The molecule has 1 N–H and O–H groups in total. The molecular formula is C9H8N2O. The first kappa shape index (κ1) is 7.03. The van der Waals surface area contributed by atoms with Crippen molar-refractivity contribution < 1.29 is 4.79 Å². The van der Waals surface area contributed by atoms with Gasteiger partial charge < -0.3 is 4.98 Å². The lowest BCUT2D eigenvalue weighted by atomic mass is 10.3. The third-order valence-electron chi connectivity index (χ3n) is 1.77. The predicted octanol–water partition coefficient (Wildman–Crippen LogP) is 1.77. The molecule has 0 radical (unpaired) electrons. The van der Waals surface area contributed by atoms with Gasteiger partial charge in [0.15, 0.2) is 5.78 Å². The summed E-state index contributed by atoms with van der Waals surface area (Å²) in [5.74, 6) is 0.0352. The van der Waals surface area contributed by atoms with Crippen LogP contribution >= 0.6 is 0 Å². The van der Waals surface area contributed by atoms with Crippen molar-refractivity contribution in [1.82, 2.24) is 9.97 Å². The molecule has 0 bridgehead atoms. The number of ketones is 1. The highest BCUT2D eigenvalue weighted by Crippen LogP contribution is 2.11. The van der Waals surface area contributed by atoms with Crippen LogP contribution in [0.1, 0.15) is 17.4 Å². The number of nitrogens with zero attached hydrogens (tertiary/aromatic N) is 1. The van der Waals surface area contributed by atoms with Crippen molar-refractivity contribution in [3.8, 4) is 0 Å². The molecule has 0 atom stereocenters. The number of rotatable bonds is 1. The highest BCUT2D eigenvalue weighted by atomic mass is 16.1. The van der Waals surface area contributed by atoms with E-state index < -0.39 is 0 Å². The summed E-state index contributed by atoms with van der Waals surface area (Å²) < 4.78 is 0. The number of pyridine rings is 1. The zero-order valence-electron chi connectivity index (χ0n) is 6.66. The number of aromatic nitrogens is 2. The number of hydrogen-bond acceptors (Lipinski definition) is 2. The van der Waals surface area contributed by atoms with Crippen LogP contribution in [0.25, 0.3) is 11.0 Å². The van der Waals surface area contributed by atoms with Crippen LogP contribution in [0, 0.1) is 0 Å². The molecule has 2 aromatic rings. The molecule has 0 spiro atoms. The van der Waals surface area contributed by atoms with E-state index in [1.165, 1.54) is 6.92 Å². The van der Waals surface area contributed by atoms with Crippen molar-refractivity contribution >= 4 is 16.8 Å². The monoisotopic (exact) mass is 160 g/mol. The Morgan fingerprint density at radius 3 is 3.08 bits per heavy atom. The van der Waals surface area contributed by atoms with Gasteiger partial charge in [0.2, 0.25) is 0 Å². The second kappa shape index (κ2) is 2.44. The first-order chi connectivity index (χ1) is 5.77. The summed E-state index contributed by atoms with van der Waals surface area (Å²) in [6.07, 6.45) is 1.71. The van der Waals surface area contributed by atoms with E-state index >= 15 is 0 Å². The Hall–Kier alpha value is -1.64. The zero-order valence-corrected chi connectivity index (χ0v) is 6.66. The molecule has 12 heavy (non-hydrogen) atoms. The first-order valence-corrected chi connectivity index (χ1v) is 3.72. The summed E-state index contributed by atoms with van der Waals surface area (Å²) in [5.41, 5.74) is 2.36. The Morgan fingerprint density at radius 1 is 1.58 bits per heavy atom. The van der Waals surface area contributed by atoms with Gasteiger partial charge >= 0.3 is 0 Å². The first-order valence-electron chi connectivity index (χ1n) is 3.72. The van der Waals surface area contributed by atoms with E-state index in [1.54, 1.807) is 12.3 Å². The lowest BCUT2D eigenvalue weighted by molar-refractivity contribution is 0.101. The topological polar surface area (TPSA) is 45.8 Å². The number of aromatic amines is 1. The van der Waals surface area contributed by atoms with Crippen LogP contribution in [0.2, 0.25) is 0 Å². The average Bonchev–Trinajstić information content (AvgIpc) is 2.46. The average molecular weight is 160 g/mol. The number of fused-ring (bicyclic) bond motifs is 1. The number of hydrogen-bond donors (Lipinski definition) is 1. The fourth-order valence-electron chi connectivity index (χ4n) is 1.15. The molecule has 0 fully saturated rings. The van der Waals surface area contributed by atoms with Crippen molar-refractivity contribution in [3.63, 3.8) is 0 Å². The van der Waals surface area contributed by atoms with E-state index in [1.807, 2.05) is 12.1 Å². The Morgan fingerprint density at radius 2 is 2.42 bits per heavy atom. The Labute approximate surface area is 69.4 Å². The van der Waals surface area contributed by atoms with Crippen molar-refractivity contribution in [1.29, 1.82) is 0 Å². The lowest BCUT2D eigenvalue weighted by Crippen LogP contribution is -1.89. The second-order valence-electron chi connectivity index (χ2n) is 2.68. The van der Waals surface area contributed by atoms with E-state index in [0.717, 1.165) is 11.0 Å². The molecule has 0 saturated heterocycles. The van der Waals surface area contributed by atoms with Crippen molar-refractivity contribution in [3.05, 3.63) is 30.1 Å². The summed E-state index contributed by atoms with van der Waals surface area (Å²) in [4.78, 5) is 18.0. The SMILES string of the molecule is CC(=O)c1cc2ncccc2[nH]1. The molecule has 0 unspecified atom stereocenters. The highest BCUT2D eigenvalue weighted by molar-refractivity contribution is 5.96. The molecule has 0 aliphatic heterocycles. The molecule has 0 aliphatic rings. The Kier molecular flexibility index (Phi) is 1.43. The van der Waals surface area contributed by atoms with Gasteiger partial charge in [0.05, 0.1) is 16.7 Å². The minimum absolute atomic E-state index is 0.0352. The van der Waals surface area contributed by atoms with Crippen LogP contribution in [0.15, 0.2) is 24.4 Å². The third kappa shape index (κ3) is 0.993. The molecule has 0 amide bonds. The number of carbonyl (C=O) groups is 1. The smallest absolute Gasteiger partial charge is 0.176 e. The van der Waals surface area contributed by atoms with E-state index in [9.17, 15) is 4.79 Å². The molecule has 3 nitrogen and oxygen atoms in total. The molecule has 2 rings (SSSR count). The maximum Gasteiger partial charge on any atom is 0.176 e. The van der Waals surface area contributed by atoms with E-state index in [0.29, 0.717) is 5.69 Å². The fraction of sp³-hybridized carbons (Fsp3) is 0.111. The standard InChI is InChI=1S/C9H8N2O/c1-6(12)8-5-9-7(11-8)3-2-4-10-9/h2-5,11H,1H3. The van der Waals surface area contributed by atoms with Gasteiger partial charge in [-0.05, 0) is 18.2 Å². The number of carbonyl (C=O) groups excluding carboxylic acids is 1. The highest BCUT2D eigenvalue weighted by Gasteiger charge is 2.03. The van der Waals surface area contributed by atoms with Gasteiger partial charge in [-0.3, -0.25) is 9.78 Å². The summed E-state index contributed by atoms with van der Waals surface area (Å²) in [5, 5.41) is 0. The molecule has 3 heteroatoms. The summed E-state index contributed by atoms with van der Waals surface area (Å²) in [6, 6.07) is 5.50. The largest absolute Gasteiger partial charge is 0.351 e. The second-order valence-corrected chi connectivity index (χ2v) is 2.68. The fourth-order valence-corrected chi connectivity index (χ4v) is 1.15. The van der Waals surface area contributed by atoms with Crippen molar-refractivity contribution in [2.45, 2.75) is 6.92 Å². The minimum Gasteiger partial charge on any atom is -0.351 e. The van der Waals surface area contributed by atoms with E-state index in [-0.39, 0.29) is 5.78 Å². The maximum absolute atomic E-state index is 11.0. The summed E-state index contributed by atoms with van der Waals surface area (Å²) >= 11 is 0. The predicted molar refractivity (Wildman–Crippen MR) is 46.1 cm³/mol. The molecule has 0 saturated carbocycles. The lowest BCUT2D eigenvalue weighted by Gasteiger charge is -1.84. The van der Waals surface area contributed by atoms with Crippen LogP contribution in [0.5, 0.6) is 0 Å². The van der Waals surface area contributed by atoms with Crippen LogP contribution in [-0.4, -0.2) is 15.8 Å². The summed E-state index contributed by atoms with van der Waals surface area (Å²) in [6.45, 7) is 1.53. The maximum atomic E-state index is 11.0. The van der Waals surface area contributed by atoms with Crippen LogP contribution in [0.4, 0.5) is 0 Å². The van der Waals surface area contributed by atoms with Gasteiger partial charge in [-0.25, -0.2) is 0 Å². The van der Waals surface area contributed by atoms with Gasteiger partial charge in [0.1, 0.15) is 0 Å². The van der Waals surface area contributed by atoms with Crippen LogP contribution in [0.3, 0.4) is 0 Å². The van der Waals surface area contributed by atoms with Crippen molar-refractivity contribution in [2.24, 2.45) is 0 Å². The Balaban J connectivity index is 2.70. The van der Waals surface area contributed by atoms with Crippen molar-refractivity contribution in [2.75, 3.05) is 0 Å². The van der Waals surface area contributed by atoms with Gasteiger partial charge in [-0.15, -0.1) is 0 Å². The molecule has 0 aliphatic carbocycles. The van der Waals surface area contributed by atoms with E-state index in [2.05, 4.69) is 9.97 Å². The third-order valence-corrected chi connectivity index (χ3v) is 1.77. The Bertz CT molecular complexity index is 398. The van der Waals surface area contributed by atoms with Crippen LogP contribution < -0.4 is 0 Å². The van der Waals surface area contributed by atoms with Gasteiger partial charge in [0, 0.05) is 13.1 Å². The van der Waals surface area contributed by atoms with Gasteiger partial charge in [-0.1, -0.05) is 0 Å². The quantitative estimate of drug-likeness (QED) is 0.646. The van der Waals surface area contributed by atoms with Crippen LogP contribution in [-0.2, 0) is 0 Å². The summed E-state index contributed by atoms with van der Waals surface area (Å²) in [7, 11) is 0. The molecule has 60 valence electrons. The number of H-pyrrole nitrogens is 1. The molecular weight excluding hydrogens is 152 g/mol. The zero-order chi connectivity index (χ0) is 8.55. The minimum atomic E-state index is 0.0352.